The quantitative estimate of drug-likeness (QED) is 0.0932. The van der Waals surface area contributed by atoms with Crippen LogP contribution in [0.2, 0.25) is 0 Å². The zero-order valence-electron chi connectivity index (χ0n) is 29.0. The predicted molar refractivity (Wildman–Crippen MR) is 184 cm³/mol. The van der Waals surface area contributed by atoms with E-state index in [1.165, 1.54) is 19.1 Å². The molecular formula is C37H34F7N4O6P. The van der Waals surface area contributed by atoms with Crippen molar-refractivity contribution >= 4 is 7.75 Å². The van der Waals surface area contributed by atoms with Crippen molar-refractivity contribution < 1.29 is 53.8 Å². The molecule has 1 aliphatic rings. The molecule has 10 nitrogen and oxygen atoms in total. The average molecular weight is 795 g/mol. The van der Waals surface area contributed by atoms with E-state index in [-0.39, 0.29) is 44.8 Å². The molecular weight excluding hydrogens is 760 g/mol. The molecule has 0 radical (unpaired) electrons. The Bertz CT molecular complexity index is 2070. The number of ether oxygens (including phenoxy) is 2. The van der Waals surface area contributed by atoms with Crippen LogP contribution in [0, 0.1) is 5.82 Å². The van der Waals surface area contributed by atoms with E-state index in [4.69, 9.17) is 18.5 Å². The summed E-state index contributed by atoms with van der Waals surface area (Å²) in [7, 11) is -4.46. The van der Waals surface area contributed by atoms with Crippen molar-refractivity contribution in [2.24, 2.45) is 0 Å². The van der Waals surface area contributed by atoms with Gasteiger partial charge in [0.2, 0.25) is 0 Å². The van der Waals surface area contributed by atoms with E-state index >= 15 is 0 Å². The summed E-state index contributed by atoms with van der Waals surface area (Å²) in [5, 5.41) is 4.28. The monoisotopic (exact) mass is 794 g/mol. The number of H-pyrrole nitrogens is 1. The van der Waals surface area contributed by atoms with Crippen molar-refractivity contribution in [1.29, 1.82) is 0 Å². The largest absolute Gasteiger partial charge is 0.460 e. The van der Waals surface area contributed by atoms with Gasteiger partial charge in [0.1, 0.15) is 11.6 Å². The predicted octanol–water partition coefficient (Wildman–Crippen LogP) is 8.82. The second kappa shape index (κ2) is 16.6. The lowest BCUT2D eigenvalue weighted by Gasteiger charge is -2.41. The molecule has 0 spiro atoms. The van der Waals surface area contributed by atoms with Gasteiger partial charge in [-0.3, -0.25) is 18.9 Å². The van der Waals surface area contributed by atoms with Gasteiger partial charge in [-0.1, -0.05) is 72.8 Å². The number of halogens is 7. The molecule has 1 N–H and O–H groups in total. The molecule has 0 saturated carbocycles. The van der Waals surface area contributed by atoms with Crippen LogP contribution in [0.1, 0.15) is 58.3 Å². The molecule has 0 amide bonds. The maximum Gasteiger partial charge on any atom is 0.460 e. The van der Waals surface area contributed by atoms with E-state index in [1.807, 2.05) is 0 Å². The molecule has 0 unspecified atom stereocenters. The average Bonchev–Trinajstić information content (AvgIpc) is 3.54. The third-order valence-corrected chi connectivity index (χ3v) is 10.3. The Morgan fingerprint density at radius 2 is 1.40 bits per heavy atom. The first kappa shape index (κ1) is 40.0. The summed E-state index contributed by atoms with van der Waals surface area (Å²) in [6.45, 7) is 0.855. The summed E-state index contributed by atoms with van der Waals surface area (Å²) >= 11 is 0. The van der Waals surface area contributed by atoms with Crippen molar-refractivity contribution in [1.82, 2.24) is 19.4 Å². The standard InChI is InChI=1S/C37H34F7N4O6P/c1-24(28-18-29(36(39,40)41)20-30(19-28)37(42,43)44)54-34-33(27-12-14-31(38)15-13-27)47(16-17-51-34)21-32-45-35(49)48(46-32)55(50,52-22-25-8-4-2-5-9-25)53-23-26-10-6-3-7-11-26/h2-15,18-20,24,33-34H,16-17,21-23H2,1H3,(H,45,46,49)/t24-,33+,34+/m1/s1. The minimum absolute atomic E-state index is 0.00893. The number of alkyl halides is 6. The number of benzene rings is 4. The molecule has 2 heterocycles. The Morgan fingerprint density at radius 1 is 0.855 bits per heavy atom. The Hall–Kier alpha value is -4.64. The third-order valence-electron chi connectivity index (χ3n) is 8.65. The van der Waals surface area contributed by atoms with Crippen LogP contribution in [0.4, 0.5) is 30.7 Å². The first-order valence-corrected chi connectivity index (χ1v) is 18.3. The lowest BCUT2D eigenvalue weighted by Crippen LogP contribution is -2.46. The Balaban J connectivity index is 1.29. The molecule has 18 heteroatoms. The highest BCUT2D eigenvalue weighted by Gasteiger charge is 2.40. The molecule has 292 valence electrons. The number of aromatic amines is 1. The van der Waals surface area contributed by atoms with Gasteiger partial charge in [-0.2, -0.15) is 26.3 Å². The zero-order chi connectivity index (χ0) is 39.4. The van der Waals surface area contributed by atoms with Crippen LogP contribution in [0.5, 0.6) is 0 Å². The van der Waals surface area contributed by atoms with Crippen molar-refractivity contribution in [2.75, 3.05) is 13.2 Å². The van der Waals surface area contributed by atoms with Gasteiger partial charge >= 0.3 is 25.8 Å². The molecule has 1 aliphatic heterocycles. The molecule has 1 saturated heterocycles. The number of hydrogen-bond acceptors (Lipinski definition) is 8. The molecule has 3 atom stereocenters. The van der Waals surface area contributed by atoms with Crippen LogP contribution in [0.25, 0.3) is 0 Å². The van der Waals surface area contributed by atoms with E-state index in [2.05, 4.69) is 10.1 Å². The summed E-state index contributed by atoms with van der Waals surface area (Å²) in [4.78, 5) is 17.6. The first-order chi connectivity index (χ1) is 26.1. The smallest absolute Gasteiger partial charge is 0.349 e. The van der Waals surface area contributed by atoms with Gasteiger partial charge in [-0.15, -0.1) is 9.55 Å². The molecule has 0 aliphatic carbocycles. The van der Waals surface area contributed by atoms with Crippen LogP contribution in [-0.4, -0.2) is 38.9 Å². The maximum atomic E-state index is 14.3. The van der Waals surface area contributed by atoms with Crippen molar-refractivity contribution in [2.45, 2.75) is 57.5 Å². The van der Waals surface area contributed by atoms with Crippen LogP contribution in [0.3, 0.4) is 0 Å². The van der Waals surface area contributed by atoms with Crippen LogP contribution in [0.15, 0.2) is 108 Å². The first-order valence-electron chi connectivity index (χ1n) is 16.8. The van der Waals surface area contributed by atoms with Crippen LogP contribution >= 0.6 is 7.75 Å². The second-order valence-corrected chi connectivity index (χ2v) is 14.4. The fourth-order valence-corrected chi connectivity index (χ4v) is 7.30. The number of aromatic nitrogens is 3. The summed E-state index contributed by atoms with van der Waals surface area (Å²) in [6, 6.07) is 22.9. The van der Waals surface area contributed by atoms with E-state index in [1.54, 1.807) is 65.6 Å². The molecule has 6 rings (SSSR count). The highest BCUT2D eigenvalue weighted by molar-refractivity contribution is 7.51. The number of morpholine rings is 1. The van der Waals surface area contributed by atoms with Crippen molar-refractivity contribution in [3.8, 4) is 0 Å². The Morgan fingerprint density at radius 3 is 1.93 bits per heavy atom. The summed E-state index contributed by atoms with van der Waals surface area (Å²) < 4.78 is 134. The Kier molecular flexibility index (Phi) is 12.1. The highest BCUT2D eigenvalue weighted by Crippen LogP contribution is 2.49. The normalized spacial score (nSPS) is 17.7. The van der Waals surface area contributed by atoms with E-state index in [0.717, 1.165) is 12.1 Å². The number of nitrogens with zero attached hydrogens (tertiary/aromatic N) is 3. The molecule has 4 aromatic carbocycles. The Labute approximate surface area is 310 Å². The second-order valence-electron chi connectivity index (χ2n) is 12.6. The van der Waals surface area contributed by atoms with Gasteiger partial charge in [-0.05, 0) is 59.5 Å². The van der Waals surface area contributed by atoms with E-state index < -0.39 is 66.7 Å². The molecule has 55 heavy (non-hydrogen) atoms. The minimum atomic E-state index is -5.08. The fraction of sp³-hybridized carbons (Fsp3) is 0.297. The van der Waals surface area contributed by atoms with Gasteiger partial charge in [0.05, 0.1) is 49.6 Å². The zero-order valence-corrected chi connectivity index (χ0v) is 29.9. The van der Waals surface area contributed by atoms with E-state index in [9.17, 15) is 40.1 Å². The molecule has 1 fully saturated rings. The lowest BCUT2D eigenvalue weighted by molar-refractivity contribution is -0.231. The number of rotatable bonds is 13. The molecule has 5 aromatic rings. The van der Waals surface area contributed by atoms with Crippen LogP contribution in [-0.2, 0) is 55.2 Å². The topological polar surface area (TPSA) is 108 Å². The van der Waals surface area contributed by atoms with Gasteiger partial charge in [0.15, 0.2) is 6.29 Å². The lowest BCUT2D eigenvalue weighted by atomic mass is 10.0. The van der Waals surface area contributed by atoms with Crippen LogP contribution < -0.4 is 5.69 Å². The summed E-state index contributed by atoms with van der Waals surface area (Å²) in [6.07, 6.45) is -12.8. The molecule has 0 bridgehead atoms. The minimum Gasteiger partial charge on any atom is -0.349 e. The van der Waals surface area contributed by atoms with E-state index in [0.29, 0.717) is 33.3 Å². The van der Waals surface area contributed by atoms with Gasteiger partial charge in [0.25, 0.3) is 0 Å². The maximum absolute atomic E-state index is 14.3. The highest BCUT2D eigenvalue weighted by atomic mass is 31.2. The third kappa shape index (κ3) is 9.97. The summed E-state index contributed by atoms with van der Waals surface area (Å²) in [5.74, 6) is -0.586. The van der Waals surface area contributed by atoms with Gasteiger partial charge < -0.3 is 9.47 Å². The number of nitrogens with one attached hydrogen (secondary N) is 1. The SMILES string of the molecule is C[C@@H](O[C@@H]1OCCN(Cc2nn(P(=O)(OCc3ccccc3)OCc3ccccc3)c(=O)[nH]2)[C@H]1c1ccc(F)cc1)c1cc(C(F)(F)F)cc(C(F)(F)F)c1. The van der Waals surface area contributed by atoms with Gasteiger partial charge in [-0.25, -0.2) is 13.8 Å². The van der Waals surface area contributed by atoms with Crippen molar-refractivity contribution in [3.05, 3.63) is 159 Å². The molecule has 1 aromatic heterocycles. The van der Waals surface area contributed by atoms with Crippen molar-refractivity contribution in [3.63, 3.8) is 0 Å². The number of hydrogen-bond donors (Lipinski definition) is 1. The summed E-state index contributed by atoms with van der Waals surface area (Å²) in [5.41, 5.74) is -2.65. The van der Waals surface area contributed by atoms with Gasteiger partial charge in [0, 0.05) is 6.54 Å². The fourth-order valence-electron chi connectivity index (χ4n) is 5.90.